The zero-order chi connectivity index (χ0) is 28.7. The molecule has 0 spiro atoms. The minimum absolute atomic E-state index is 0.00204. The lowest BCUT2D eigenvalue weighted by Crippen LogP contribution is -2.52. The van der Waals surface area contributed by atoms with E-state index in [0.29, 0.717) is 13.0 Å². The van der Waals surface area contributed by atoms with Crippen LogP contribution in [0.15, 0.2) is 71.6 Å². The Hall–Kier alpha value is -3.07. The molecular formula is C29H33Cl2N3O4S. The van der Waals surface area contributed by atoms with Gasteiger partial charge in [0, 0.05) is 13.1 Å². The van der Waals surface area contributed by atoms with Gasteiger partial charge in [0.15, 0.2) is 0 Å². The molecule has 0 aliphatic heterocycles. The maximum atomic E-state index is 14.0. The van der Waals surface area contributed by atoms with E-state index in [1.54, 1.807) is 25.1 Å². The molecule has 0 aliphatic carbocycles. The molecule has 208 valence electrons. The summed E-state index contributed by atoms with van der Waals surface area (Å²) in [6.45, 7) is 7.35. The first-order chi connectivity index (χ1) is 18.5. The molecule has 0 radical (unpaired) electrons. The van der Waals surface area contributed by atoms with Crippen LogP contribution in [0.3, 0.4) is 0 Å². The van der Waals surface area contributed by atoms with Crippen molar-refractivity contribution in [3.8, 4) is 0 Å². The Labute approximate surface area is 240 Å². The second-order valence-corrected chi connectivity index (χ2v) is 11.9. The first-order valence-corrected chi connectivity index (χ1v) is 14.8. The Balaban J connectivity index is 2.10. The standard InChI is InChI=1S/C29H33Cl2N3O4S/c1-5-25(29(36)32-6-2)33(18-22-14-10-20(3)11-15-22)27(35)19-34(26-9-7-8-24(30)28(26)31)39(37,38)23-16-12-21(4)13-17-23/h7-17,25H,5-6,18-19H2,1-4H3,(H,32,36)/t25-/m0/s1. The molecule has 0 unspecified atom stereocenters. The molecule has 0 fully saturated rings. The zero-order valence-electron chi connectivity index (χ0n) is 22.4. The molecule has 0 saturated heterocycles. The van der Waals surface area contributed by atoms with Gasteiger partial charge in [0.05, 0.1) is 20.6 Å². The Morgan fingerprint density at radius 3 is 2.05 bits per heavy atom. The van der Waals surface area contributed by atoms with Crippen molar-refractivity contribution in [1.29, 1.82) is 0 Å². The normalized spacial score (nSPS) is 12.1. The van der Waals surface area contributed by atoms with Crippen molar-refractivity contribution in [2.24, 2.45) is 0 Å². The first kappa shape index (κ1) is 30.5. The van der Waals surface area contributed by atoms with Gasteiger partial charge in [-0.05, 0) is 57.0 Å². The van der Waals surface area contributed by atoms with Gasteiger partial charge in [-0.1, -0.05) is 83.7 Å². The van der Waals surface area contributed by atoms with Crippen LogP contribution in [0, 0.1) is 13.8 Å². The van der Waals surface area contributed by atoms with Crippen LogP contribution in [0.4, 0.5) is 5.69 Å². The van der Waals surface area contributed by atoms with Gasteiger partial charge in [-0.3, -0.25) is 13.9 Å². The minimum Gasteiger partial charge on any atom is -0.355 e. The highest BCUT2D eigenvalue weighted by atomic mass is 35.5. The van der Waals surface area contributed by atoms with E-state index in [0.717, 1.165) is 21.0 Å². The number of nitrogens with one attached hydrogen (secondary N) is 1. The third-order valence-corrected chi connectivity index (χ3v) is 8.88. The van der Waals surface area contributed by atoms with E-state index in [2.05, 4.69) is 5.32 Å². The smallest absolute Gasteiger partial charge is 0.264 e. The van der Waals surface area contributed by atoms with E-state index in [1.807, 2.05) is 45.0 Å². The summed E-state index contributed by atoms with van der Waals surface area (Å²) in [5.41, 5.74) is 2.82. The van der Waals surface area contributed by atoms with E-state index < -0.39 is 28.5 Å². The number of sulfonamides is 1. The van der Waals surface area contributed by atoms with E-state index in [9.17, 15) is 18.0 Å². The predicted molar refractivity (Wildman–Crippen MR) is 157 cm³/mol. The molecule has 2 amide bonds. The molecule has 10 heteroatoms. The van der Waals surface area contributed by atoms with E-state index in [1.165, 1.54) is 29.2 Å². The maximum Gasteiger partial charge on any atom is 0.264 e. The summed E-state index contributed by atoms with van der Waals surface area (Å²) >= 11 is 12.7. The number of hydrogen-bond donors (Lipinski definition) is 1. The van der Waals surface area contributed by atoms with Gasteiger partial charge in [0.1, 0.15) is 12.6 Å². The molecule has 0 aromatic heterocycles. The molecule has 0 heterocycles. The number of amides is 2. The van der Waals surface area contributed by atoms with Crippen molar-refractivity contribution in [3.63, 3.8) is 0 Å². The van der Waals surface area contributed by atoms with Crippen LogP contribution >= 0.6 is 23.2 Å². The van der Waals surface area contributed by atoms with E-state index in [-0.39, 0.29) is 33.1 Å². The third-order valence-electron chi connectivity index (χ3n) is 6.30. The fourth-order valence-corrected chi connectivity index (χ4v) is 6.01. The summed E-state index contributed by atoms with van der Waals surface area (Å²) in [7, 11) is -4.24. The van der Waals surface area contributed by atoms with Crippen LogP contribution < -0.4 is 9.62 Å². The van der Waals surface area contributed by atoms with Crippen LogP contribution in [0.5, 0.6) is 0 Å². The van der Waals surface area contributed by atoms with Crippen molar-refractivity contribution in [1.82, 2.24) is 10.2 Å². The first-order valence-electron chi connectivity index (χ1n) is 12.7. The van der Waals surface area contributed by atoms with Crippen LogP contribution in [0.25, 0.3) is 0 Å². The molecule has 3 rings (SSSR count). The lowest BCUT2D eigenvalue weighted by atomic mass is 10.1. The number of halogens is 2. The summed E-state index contributed by atoms with van der Waals surface area (Å²) in [6.07, 6.45) is 0.339. The van der Waals surface area contributed by atoms with Gasteiger partial charge in [0.25, 0.3) is 10.0 Å². The lowest BCUT2D eigenvalue weighted by molar-refractivity contribution is -0.140. The average Bonchev–Trinajstić information content (AvgIpc) is 2.90. The van der Waals surface area contributed by atoms with Crippen molar-refractivity contribution in [2.75, 3.05) is 17.4 Å². The predicted octanol–water partition coefficient (Wildman–Crippen LogP) is 5.75. The van der Waals surface area contributed by atoms with Gasteiger partial charge >= 0.3 is 0 Å². The van der Waals surface area contributed by atoms with E-state index in [4.69, 9.17) is 23.2 Å². The average molecular weight is 591 g/mol. The monoisotopic (exact) mass is 589 g/mol. The molecule has 1 atom stereocenters. The minimum atomic E-state index is -4.24. The van der Waals surface area contributed by atoms with Crippen molar-refractivity contribution in [3.05, 3.63) is 93.5 Å². The number of hydrogen-bond acceptors (Lipinski definition) is 4. The lowest BCUT2D eigenvalue weighted by Gasteiger charge is -2.33. The molecule has 0 bridgehead atoms. The molecular weight excluding hydrogens is 557 g/mol. The number of carbonyl (C=O) groups excluding carboxylic acids is 2. The fraction of sp³-hybridized carbons (Fsp3) is 0.310. The second-order valence-electron chi connectivity index (χ2n) is 9.22. The summed E-state index contributed by atoms with van der Waals surface area (Å²) in [5, 5.41) is 2.94. The SMILES string of the molecule is CCNC(=O)[C@H](CC)N(Cc1ccc(C)cc1)C(=O)CN(c1cccc(Cl)c1Cl)S(=O)(=O)c1ccc(C)cc1. The van der Waals surface area contributed by atoms with Gasteiger partial charge in [-0.2, -0.15) is 0 Å². The van der Waals surface area contributed by atoms with Crippen molar-refractivity contribution < 1.29 is 18.0 Å². The number of carbonyl (C=O) groups is 2. The van der Waals surface area contributed by atoms with Gasteiger partial charge in [-0.25, -0.2) is 8.42 Å². The van der Waals surface area contributed by atoms with E-state index >= 15 is 0 Å². The van der Waals surface area contributed by atoms with Gasteiger partial charge in [0.2, 0.25) is 11.8 Å². The van der Waals surface area contributed by atoms with Crippen molar-refractivity contribution >= 4 is 50.7 Å². The highest BCUT2D eigenvalue weighted by molar-refractivity contribution is 7.92. The van der Waals surface area contributed by atoms with Crippen molar-refractivity contribution in [2.45, 2.75) is 51.6 Å². The molecule has 3 aromatic carbocycles. The van der Waals surface area contributed by atoms with Crippen LogP contribution in [0.2, 0.25) is 10.0 Å². The highest BCUT2D eigenvalue weighted by Crippen LogP contribution is 2.35. The second kappa shape index (κ2) is 13.3. The summed E-state index contributed by atoms with van der Waals surface area (Å²) in [5.74, 6) is -0.866. The Morgan fingerprint density at radius 2 is 1.49 bits per heavy atom. The molecule has 39 heavy (non-hydrogen) atoms. The van der Waals surface area contributed by atoms with Gasteiger partial charge < -0.3 is 10.2 Å². The molecule has 7 nitrogen and oxygen atoms in total. The number of likely N-dealkylation sites (N-methyl/N-ethyl adjacent to an activating group) is 1. The number of rotatable bonds is 11. The highest BCUT2D eigenvalue weighted by Gasteiger charge is 2.34. The zero-order valence-corrected chi connectivity index (χ0v) is 24.8. The van der Waals surface area contributed by atoms with Gasteiger partial charge in [-0.15, -0.1) is 0 Å². The molecule has 1 N–H and O–H groups in total. The Kier molecular flexibility index (Phi) is 10.4. The summed E-state index contributed by atoms with van der Waals surface area (Å²) in [6, 6.07) is 17.7. The van der Waals surface area contributed by atoms with Crippen LogP contribution in [-0.4, -0.2) is 44.3 Å². The number of benzene rings is 3. The fourth-order valence-electron chi connectivity index (χ4n) is 4.14. The van der Waals surface area contributed by atoms with Crippen LogP contribution in [-0.2, 0) is 26.2 Å². The number of aryl methyl sites for hydroxylation is 2. The summed E-state index contributed by atoms with van der Waals surface area (Å²) < 4.78 is 28.8. The Morgan fingerprint density at radius 1 is 0.897 bits per heavy atom. The quantitative estimate of drug-likeness (QED) is 0.308. The number of nitrogens with zero attached hydrogens (tertiary/aromatic N) is 2. The largest absolute Gasteiger partial charge is 0.355 e. The molecule has 0 aliphatic rings. The maximum absolute atomic E-state index is 14.0. The molecule has 0 saturated carbocycles. The Bertz CT molecular complexity index is 1410. The summed E-state index contributed by atoms with van der Waals surface area (Å²) in [4.78, 5) is 28.4. The van der Waals surface area contributed by atoms with Crippen LogP contribution in [0.1, 0.15) is 37.0 Å². The number of anilines is 1. The topological polar surface area (TPSA) is 86.8 Å². The third kappa shape index (κ3) is 7.32. The molecule has 3 aromatic rings.